The summed E-state index contributed by atoms with van der Waals surface area (Å²) < 4.78 is 0. The largest absolute Gasteiger partial charge is 0.483 e. The van der Waals surface area contributed by atoms with Crippen LogP contribution in [0.25, 0.3) is 11.1 Å². The number of aromatic nitrogens is 2. The van der Waals surface area contributed by atoms with Gasteiger partial charge in [0.2, 0.25) is 0 Å². The van der Waals surface area contributed by atoms with Crippen LogP contribution in [0, 0.1) is 18.3 Å². The predicted molar refractivity (Wildman–Crippen MR) is 180 cm³/mol. The number of aromatic amines is 1. The van der Waals surface area contributed by atoms with E-state index in [1.807, 2.05) is 13.0 Å². The second-order valence-electron chi connectivity index (χ2n) is 13.5. The van der Waals surface area contributed by atoms with Crippen molar-refractivity contribution in [1.82, 2.24) is 9.97 Å². The number of aryl methyl sites for hydroxylation is 2. The highest BCUT2D eigenvalue weighted by atomic mass is 16.3. The molecule has 3 aromatic rings. The zero-order valence-electron chi connectivity index (χ0n) is 27.7. The normalized spacial score (nSPS) is 16.2. The zero-order chi connectivity index (χ0) is 32.7. The van der Waals surface area contributed by atoms with Crippen molar-refractivity contribution in [3.05, 3.63) is 81.0 Å². The fourth-order valence-electron chi connectivity index (χ4n) is 6.59. The summed E-state index contributed by atoms with van der Waals surface area (Å²) in [6, 6.07) is 12.6. The van der Waals surface area contributed by atoms with Gasteiger partial charge in [0.1, 0.15) is 0 Å². The van der Waals surface area contributed by atoms with E-state index >= 15 is 0 Å². The lowest BCUT2D eigenvalue weighted by Gasteiger charge is -2.34. The third-order valence-corrected chi connectivity index (χ3v) is 9.66. The highest BCUT2D eigenvalue weighted by molar-refractivity contribution is 6.41. The number of aliphatic imine (C=N–C) groups is 1. The Morgan fingerprint density at radius 3 is 2.42 bits per heavy atom. The van der Waals surface area contributed by atoms with E-state index in [1.54, 1.807) is 11.1 Å². The second-order valence-corrected chi connectivity index (χ2v) is 13.5. The minimum absolute atomic E-state index is 0.0608. The second kappa shape index (κ2) is 14.9. The van der Waals surface area contributed by atoms with E-state index in [-0.39, 0.29) is 29.1 Å². The van der Waals surface area contributed by atoms with E-state index in [0.717, 1.165) is 61.4 Å². The van der Waals surface area contributed by atoms with Gasteiger partial charge in [0.05, 0.1) is 36.7 Å². The van der Waals surface area contributed by atoms with Gasteiger partial charge in [-0.05, 0) is 91.7 Å². The van der Waals surface area contributed by atoms with Gasteiger partial charge >= 0.3 is 0 Å². The molecule has 8 nitrogen and oxygen atoms in total. The molecule has 2 aromatic heterocycles. The zero-order valence-corrected chi connectivity index (χ0v) is 27.7. The minimum Gasteiger partial charge on any atom is -0.483 e. The Balaban J connectivity index is 0.00000148. The van der Waals surface area contributed by atoms with Crippen LogP contribution in [0.1, 0.15) is 87.9 Å². The molecule has 3 N–H and O–H groups in total. The van der Waals surface area contributed by atoms with Gasteiger partial charge in [-0.25, -0.2) is 4.99 Å². The van der Waals surface area contributed by atoms with Crippen LogP contribution in [-0.2, 0) is 28.9 Å². The van der Waals surface area contributed by atoms with E-state index in [2.05, 4.69) is 69.9 Å². The smallest absolute Gasteiger partial charge is 0.290 e. The number of ketones is 1. The van der Waals surface area contributed by atoms with Gasteiger partial charge in [0.15, 0.2) is 5.78 Å². The Bertz CT molecular complexity index is 1580. The van der Waals surface area contributed by atoms with Crippen LogP contribution in [-0.4, -0.2) is 52.7 Å². The van der Waals surface area contributed by atoms with Gasteiger partial charge in [0.25, 0.3) is 12.0 Å². The summed E-state index contributed by atoms with van der Waals surface area (Å²) in [4.78, 5) is 48.2. The molecule has 1 aliphatic heterocycles. The average Bonchev–Trinajstić information content (AvgIpc) is 3.44. The third-order valence-electron chi connectivity index (χ3n) is 9.66. The number of hydrogen-bond donors (Lipinski definition) is 3. The molecule has 8 heteroatoms. The van der Waals surface area contributed by atoms with Gasteiger partial charge in [-0.1, -0.05) is 45.0 Å². The number of Topliss-reactive ketones (excluding diaryl/α,β-unsaturated/α-hetero) is 1. The molecule has 0 unspecified atom stereocenters. The first-order chi connectivity index (χ1) is 21.5. The Labute approximate surface area is 267 Å². The van der Waals surface area contributed by atoms with E-state index in [4.69, 9.17) is 19.9 Å². The Kier molecular flexibility index (Phi) is 11.3. The number of fused-ring (bicyclic) bond motifs is 2. The van der Waals surface area contributed by atoms with Crippen LogP contribution in [0.3, 0.4) is 0 Å². The number of nitrogens with zero attached hydrogens (tertiary/aromatic N) is 2. The summed E-state index contributed by atoms with van der Waals surface area (Å²) >= 11 is 0. The number of H-pyrrole nitrogens is 1. The summed E-state index contributed by atoms with van der Waals surface area (Å²) in [5.41, 5.74) is 9.18. The molecule has 3 heterocycles. The number of carboxylic acid groups (broad SMARTS) is 1. The maximum absolute atomic E-state index is 13.7. The lowest BCUT2D eigenvalue weighted by Crippen LogP contribution is -3.11. The quantitative estimate of drug-likeness (QED) is 0.269. The number of pyridine rings is 2. The van der Waals surface area contributed by atoms with E-state index < -0.39 is 0 Å². The van der Waals surface area contributed by atoms with Crippen LogP contribution < -0.4 is 10.5 Å². The van der Waals surface area contributed by atoms with Crippen molar-refractivity contribution in [2.24, 2.45) is 16.3 Å². The Hall–Kier alpha value is -3.91. The average molecular weight is 614 g/mol. The monoisotopic (exact) mass is 613 g/mol. The molecule has 1 aromatic carbocycles. The first-order valence-corrected chi connectivity index (χ1v) is 16.3. The first kappa shape index (κ1) is 34.0. The number of carbonyl (C=O) groups excluding carboxylic acids is 1. The molecule has 2 atom stereocenters. The SMILES string of the molecule is CC[NH+](CC)CC[C@@H](CC(=O)C1=Nc2cc3c(nc2C1)CC[C@H](C(C)(C)C)C3)c1ccc(-c2c[nH]c(=O)c(C)c2)cc1.O=CO. The van der Waals surface area contributed by atoms with Crippen molar-refractivity contribution in [3.63, 3.8) is 0 Å². The number of rotatable bonds is 10. The van der Waals surface area contributed by atoms with Crippen LogP contribution in [0.2, 0.25) is 0 Å². The van der Waals surface area contributed by atoms with Crippen molar-refractivity contribution in [2.75, 3.05) is 19.6 Å². The summed E-state index contributed by atoms with van der Waals surface area (Å²) in [5, 5.41) is 6.89. The molecule has 45 heavy (non-hydrogen) atoms. The summed E-state index contributed by atoms with van der Waals surface area (Å²) in [6.45, 7) is 16.2. The van der Waals surface area contributed by atoms with Gasteiger partial charge in [-0.2, -0.15) is 0 Å². The lowest BCUT2D eigenvalue weighted by molar-refractivity contribution is -0.896. The van der Waals surface area contributed by atoms with Crippen molar-refractivity contribution >= 4 is 23.7 Å². The van der Waals surface area contributed by atoms with Crippen molar-refractivity contribution in [1.29, 1.82) is 0 Å². The topological polar surface area (TPSA) is 117 Å². The molecule has 0 bridgehead atoms. The fraction of sp³-hybridized carbons (Fsp3) is 0.486. The molecule has 240 valence electrons. The molecule has 0 saturated heterocycles. The summed E-state index contributed by atoms with van der Waals surface area (Å²) in [7, 11) is 0. The van der Waals surface area contributed by atoms with E-state index in [9.17, 15) is 9.59 Å². The minimum atomic E-state index is -0.250. The van der Waals surface area contributed by atoms with E-state index in [0.29, 0.717) is 30.0 Å². The van der Waals surface area contributed by atoms with Crippen molar-refractivity contribution in [3.8, 4) is 11.1 Å². The summed E-state index contributed by atoms with van der Waals surface area (Å²) in [5.74, 6) is 0.903. The standard InChI is InChI=1S/C36H46N4O2.CH2O2/c1-7-40(8-2)16-15-26(24-9-11-25(12-10-24)28-17-23(3)35(42)37-22-28)20-34(41)33-21-32-31(39-33)19-27-18-29(36(4,5)6)13-14-30(27)38-32;2-1-3/h9-12,17,19,22,26,29H,7-8,13-16,18,20-21H2,1-6H3,(H,37,42);1H,(H,2,3)/p+1/t26-,29-;/m0./s1. The first-order valence-electron chi connectivity index (χ1n) is 16.3. The Morgan fingerprint density at radius 1 is 1.11 bits per heavy atom. The van der Waals surface area contributed by atoms with Crippen molar-refractivity contribution in [2.45, 2.75) is 86.0 Å². The maximum atomic E-state index is 13.7. The van der Waals surface area contributed by atoms with Crippen LogP contribution in [0.4, 0.5) is 5.69 Å². The lowest BCUT2D eigenvalue weighted by atomic mass is 9.71. The third kappa shape index (κ3) is 8.42. The molecule has 0 radical (unpaired) electrons. The molecular formula is C37H49N4O4+. The number of hydrogen-bond acceptors (Lipinski definition) is 5. The van der Waals surface area contributed by atoms with Gasteiger partial charge < -0.3 is 15.0 Å². The van der Waals surface area contributed by atoms with Crippen molar-refractivity contribution < 1.29 is 19.6 Å². The van der Waals surface area contributed by atoms with E-state index in [1.165, 1.54) is 23.2 Å². The van der Waals surface area contributed by atoms with Crippen LogP contribution in [0.5, 0.6) is 0 Å². The Morgan fingerprint density at radius 2 is 1.80 bits per heavy atom. The molecular weight excluding hydrogens is 564 g/mol. The number of carbonyl (C=O) groups is 2. The molecule has 5 rings (SSSR count). The molecule has 0 spiro atoms. The molecule has 0 saturated carbocycles. The van der Waals surface area contributed by atoms with Gasteiger partial charge in [0, 0.05) is 36.7 Å². The van der Waals surface area contributed by atoms with Gasteiger partial charge in [-0.3, -0.25) is 19.4 Å². The molecule has 0 amide bonds. The molecule has 0 fully saturated rings. The molecule has 1 aliphatic carbocycles. The maximum Gasteiger partial charge on any atom is 0.290 e. The number of nitrogens with one attached hydrogen (secondary N) is 2. The number of benzene rings is 1. The predicted octanol–water partition coefficient (Wildman–Crippen LogP) is 5.28. The van der Waals surface area contributed by atoms with Crippen LogP contribution in [0.15, 0.2) is 52.4 Å². The molecule has 2 aliphatic rings. The van der Waals surface area contributed by atoms with Gasteiger partial charge in [-0.15, -0.1) is 0 Å². The fourth-order valence-corrected chi connectivity index (χ4v) is 6.59. The number of quaternary nitrogens is 1. The van der Waals surface area contributed by atoms with Crippen LogP contribution >= 0.6 is 0 Å². The highest BCUT2D eigenvalue weighted by Crippen LogP contribution is 2.39. The summed E-state index contributed by atoms with van der Waals surface area (Å²) in [6.07, 6.45) is 6.94. The highest BCUT2D eigenvalue weighted by Gasteiger charge is 2.32.